The molecule has 0 unspecified atom stereocenters. The highest BCUT2D eigenvalue weighted by molar-refractivity contribution is 5.78. The van der Waals surface area contributed by atoms with Gasteiger partial charge in [0.2, 0.25) is 5.91 Å². The number of nitrogens with one attached hydrogen (secondary N) is 1. The SMILES string of the molecule is CCOc1ccc(CN2CCN(CC(=O)NCc3ccc(OC)cc3)CC2)cc1. The number of ether oxygens (including phenoxy) is 2. The third kappa shape index (κ3) is 6.76. The number of carbonyl (C=O) groups excluding carboxylic acids is 1. The summed E-state index contributed by atoms with van der Waals surface area (Å²) in [5, 5.41) is 3.00. The zero-order valence-electron chi connectivity index (χ0n) is 17.4. The van der Waals surface area contributed by atoms with Gasteiger partial charge in [0.25, 0.3) is 0 Å². The highest BCUT2D eigenvalue weighted by Crippen LogP contribution is 2.15. The second-order valence-electron chi connectivity index (χ2n) is 7.25. The average Bonchev–Trinajstić information content (AvgIpc) is 2.75. The second-order valence-corrected chi connectivity index (χ2v) is 7.25. The lowest BCUT2D eigenvalue weighted by Gasteiger charge is -2.34. The van der Waals surface area contributed by atoms with Gasteiger partial charge >= 0.3 is 0 Å². The Balaban J connectivity index is 1.35. The zero-order valence-corrected chi connectivity index (χ0v) is 17.4. The van der Waals surface area contributed by atoms with Gasteiger partial charge in [-0.1, -0.05) is 24.3 Å². The van der Waals surface area contributed by atoms with E-state index in [1.165, 1.54) is 5.56 Å². The molecule has 0 bridgehead atoms. The summed E-state index contributed by atoms with van der Waals surface area (Å²) in [6, 6.07) is 16.1. The lowest BCUT2D eigenvalue weighted by atomic mass is 10.2. The molecule has 3 rings (SSSR count). The Hall–Kier alpha value is -2.57. The van der Waals surface area contributed by atoms with E-state index in [-0.39, 0.29) is 5.91 Å². The fourth-order valence-corrected chi connectivity index (χ4v) is 3.42. The maximum atomic E-state index is 12.3. The minimum atomic E-state index is 0.0702. The van der Waals surface area contributed by atoms with E-state index in [2.05, 4.69) is 27.2 Å². The molecule has 1 heterocycles. The van der Waals surface area contributed by atoms with Gasteiger partial charge in [0, 0.05) is 39.3 Å². The van der Waals surface area contributed by atoms with E-state index in [0.29, 0.717) is 19.7 Å². The van der Waals surface area contributed by atoms with Crippen molar-refractivity contribution in [1.82, 2.24) is 15.1 Å². The molecule has 2 aromatic carbocycles. The van der Waals surface area contributed by atoms with Crippen molar-refractivity contribution in [3.05, 3.63) is 59.7 Å². The molecule has 2 aromatic rings. The van der Waals surface area contributed by atoms with Crippen molar-refractivity contribution in [3.63, 3.8) is 0 Å². The van der Waals surface area contributed by atoms with Crippen LogP contribution in [0.15, 0.2) is 48.5 Å². The first kappa shape index (κ1) is 21.1. The molecule has 0 aromatic heterocycles. The number of hydrogen-bond donors (Lipinski definition) is 1. The summed E-state index contributed by atoms with van der Waals surface area (Å²) in [4.78, 5) is 16.9. The van der Waals surface area contributed by atoms with Crippen LogP contribution in [0.1, 0.15) is 18.1 Å². The molecule has 0 spiro atoms. The maximum absolute atomic E-state index is 12.3. The van der Waals surface area contributed by atoms with Gasteiger partial charge in [0.1, 0.15) is 11.5 Å². The van der Waals surface area contributed by atoms with Crippen LogP contribution >= 0.6 is 0 Å². The van der Waals surface area contributed by atoms with E-state index in [1.807, 2.05) is 43.3 Å². The molecule has 1 aliphatic rings. The molecular weight excluding hydrogens is 366 g/mol. The van der Waals surface area contributed by atoms with Gasteiger partial charge in [-0.05, 0) is 42.3 Å². The maximum Gasteiger partial charge on any atom is 0.234 e. The number of carbonyl (C=O) groups is 1. The van der Waals surface area contributed by atoms with Gasteiger partial charge < -0.3 is 14.8 Å². The minimum absolute atomic E-state index is 0.0702. The van der Waals surface area contributed by atoms with Crippen LogP contribution in [0, 0.1) is 0 Å². The van der Waals surface area contributed by atoms with Crippen LogP contribution in [0.25, 0.3) is 0 Å². The van der Waals surface area contributed by atoms with Gasteiger partial charge in [0.05, 0.1) is 20.3 Å². The summed E-state index contributed by atoms with van der Waals surface area (Å²) in [6.07, 6.45) is 0. The van der Waals surface area contributed by atoms with Crippen LogP contribution in [0.3, 0.4) is 0 Å². The van der Waals surface area contributed by atoms with Crippen molar-refractivity contribution in [2.24, 2.45) is 0 Å². The van der Waals surface area contributed by atoms with Crippen molar-refractivity contribution in [2.75, 3.05) is 46.4 Å². The van der Waals surface area contributed by atoms with E-state index in [9.17, 15) is 4.79 Å². The highest BCUT2D eigenvalue weighted by Gasteiger charge is 2.19. The van der Waals surface area contributed by atoms with Crippen molar-refractivity contribution in [2.45, 2.75) is 20.0 Å². The first-order valence-electron chi connectivity index (χ1n) is 10.2. The zero-order chi connectivity index (χ0) is 20.5. The molecule has 1 saturated heterocycles. The lowest BCUT2D eigenvalue weighted by Crippen LogP contribution is -2.49. The first-order chi connectivity index (χ1) is 14.2. The van der Waals surface area contributed by atoms with Crippen LogP contribution in [0.2, 0.25) is 0 Å². The number of amides is 1. The normalized spacial score (nSPS) is 15.1. The lowest BCUT2D eigenvalue weighted by molar-refractivity contribution is -0.122. The van der Waals surface area contributed by atoms with Crippen LogP contribution in [-0.2, 0) is 17.9 Å². The molecule has 6 nitrogen and oxygen atoms in total. The largest absolute Gasteiger partial charge is 0.497 e. The molecule has 6 heteroatoms. The highest BCUT2D eigenvalue weighted by atomic mass is 16.5. The molecule has 156 valence electrons. The molecule has 0 aliphatic carbocycles. The monoisotopic (exact) mass is 397 g/mol. The predicted molar refractivity (Wildman–Crippen MR) is 114 cm³/mol. The number of piperazine rings is 1. The van der Waals surface area contributed by atoms with Crippen LogP contribution in [-0.4, -0.2) is 62.1 Å². The Morgan fingerprint density at radius 3 is 2.10 bits per heavy atom. The molecule has 1 fully saturated rings. The molecule has 1 amide bonds. The first-order valence-corrected chi connectivity index (χ1v) is 10.2. The molecular formula is C23H31N3O3. The number of nitrogens with zero attached hydrogens (tertiary/aromatic N) is 2. The Labute approximate surface area is 173 Å². The van der Waals surface area contributed by atoms with E-state index in [0.717, 1.165) is 49.8 Å². The molecule has 0 saturated carbocycles. The number of hydrogen-bond acceptors (Lipinski definition) is 5. The molecule has 1 N–H and O–H groups in total. The third-order valence-corrected chi connectivity index (χ3v) is 5.12. The Kier molecular flexibility index (Phi) is 7.90. The van der Waals surface area contributed by atoms with E-state index < -0.39 is 0 Å². The molecule has 0 atom stereocenters. The van der Waals surface area contributed by atoms with Gasteiger partial charge in [-0.25, -0.2) is 0 Å². The predicted octanol–water partition coefficient (Wildman–Crippen LogP) is 2.53. The third-order valence-electron chi connectivity index (χ3n) is 5.12. The van der Waals surface area contributed by atoms with E-state index in [1.54, 1.807) is 7.11 Å². The minimum Gasteiger partial charge on any atom is -0.497 e. The summed E-state index contributed by atoms with van der Waals surface area (Å²) in [5.74, 6) is 1.81. The summed E-state index contributed by atoms with van der Waals surface area (Å²) in [5.41, 5.74) is 2.36. The van der Waals surface area contributed by atoms with Crippen molar-refractivity contribution in [1.29, 1.82) is 0 Å². The standard InChI is InChI=1S/C23H31N3O3/c1-3-29-22-10-6-20(7-11-22)17-25-12-14-26(15-13-25)18-23(27)24-16-19-4-8-21(28-2)9-5-19/h4-11H,3,12-18H2,1-2H3,(H,24,27). The van der Waals surface area contributed by atoms with Gasteiger partial charge in [-0.15, -0.1) is 0 Å². The smallest absolute Gasteiger partial charge is 0.234 e. The summed E-state index contributed by atoms with van der Waals surface area (Å²) in [7, 11) is 1.65. The van der Waals surface area contributed by atoms with Crippen molar-refractivity contribution in [3.8, 4) is 11.5 Å². The van der Waals surface area contributed by atoms with Crippen molar-refractivity contribution >= 4 is 5.91 Å². The Morgan fingerprint density at radius 1 is 0.897 bits per heavy atom. The van der Waals surface area contributed by atoms with Crippen LogP contribution < -0.4 is 14.8 Å². The molecule has 1 aliphatic heterocycles. The summed E-state index contributed by atoms with van der Waals surface area (Å²) < 4.78 is 10.6. The number of rotatable bonds is 9. The number of methoxy groups -OCH3 is 1. The fraction of sp³-hybridized carbons (Fsp3) is 0.435. The number of benzene rings is 2. The van der Waals surface area contributed by atoms with Crippen LogP contribution in [0.4, 0.5) is 0 Å². The van der Waals surface area contributed by atoms with E-state index in [4.69, 9.17) is 9.47 Å². The van der Waals surface area contributed by atoms with Gasteiger partial charge in [0.15, 0.2) is 0 Å². The average molecular weight is 398 g/mol. The second kappa shape index (κ2) is 10.8. The summed E-state index contributed by atoms with van der Waals surface area (Å²) in [6.45, 7) is 8.37. The molecule has 29 heavy (non-hydrogen) atoms. The summed E-state index contributed by atoms with van der Waals surface area (Å²) >= 11 is 0. The quantitative estimate of drug-likeness (QED) is 0.705. The Bertz CT molecular complexity index is 754. The van der Waals surface area contributed by atoms with Crippen molar-refractivity contribution < 1.29 is 14.3 Å². The van der Waals surface area contributed by atoms with E-state index >= 15 is 0 Å². The fourth-order valence-electron chi connectivity index (χ4n) is 3.42. The molecule has 0 radical (unpaired) electrons. The van der Waals surface area contributed by atoms with Gasteiger partial charge in [-0.2, -0.15) is 0 Å². The topological polar surface area (TPSA) is 54.0 Å². The van der Waals surface area contributed by atoms with Crippen LogP contribution in [0.5, 0.6) is 11.5 Å². The Morgan fingerprint density at radius 2 is 1.48 bits per heavy atom. The van der Waals surface area contributed by atoms with Gasteiger partial charge in [-0.3, -0.25) is 14.6 Å².